The van der Waals surface area contributed by atoms with Crippen molar-refractivity contribution >= 4 is 46.8 Å². The minimum Gasteiger partial charge on any atom is -0.494 e. The van der Waals surface area contributed by atoms with Crippen LogP contribution in [0.4, 0.5) is 20.2 Å². The Hall–Kier alpha value is -4.25. The number of ether oxygens (including phenoxy) is 2. The monoisotopic (exact) mass is 526 g/mol. The molecule has 0 saturated carbocycles. The molecular weight excluding hydrogens is 506 g/mol. The second-order valence-corrected chi connectivity index (χ2v) is 8.72. The van der Waals surface area contributed by atoms with Gasteiger partial charge >= 0.3 is 5.97 Å². The number of benzene rings is 3. The summed E-state index contributed by atoms with van der Waals surface area (Å²) >= 11 is 0.379. The Bertz CT molecular complexity index is 1350. The number of rotatable bonds is 9. The maximum absolute atomic E-state index is 13.0. The summed E-state index contributed by atoms with van der Waals surface area (Å²) in [5.41, 5.74) is 0.878. The zero-order chi connectivity index (χ0) is 26.5. The summed E-state index contributed by atoms with van der Waals surface area (Å²) in [4.78, 5) is 51.8. The van der Waals surface area contributed by atoms with Crippen LogP contribution in [0, 0.1) is 0 Å². The maximum atomic E-state index is 13.0. The summed E-state index contributed by atoms with van der Waals surface area (Å²) in [6.45, 7) is 1.70. The van der Waals surface area contributed by atoms with Crippen LogP contribution in [0.25, 0.3) is 0 Å². The van der Waals surface area contributed by atoms with Gasteiger partial charge in [-0.15, -0.1) is 0 Å². The summed E-state index contributed by atoms with van der Waals surface area (Å²) in [7, 11) is 0. The predicted octanol–water partition coefficient (Wildman–Crippen LogP) is 5.00. The molecule has 0 aromatic heterocycles. The van der Waals surface area contributed by atoms with Gasteiger partial charge < -0.3 is 14.8 Å². The summed E-state index contributed by atoms with van der Waals surface area (Å²) in [6.07, 6.45) is 0. The first-order valence-corrected chi connectivity index (χ1v) is 11.9. The van der Waals surface area contributed by atoms with Crippen LogP contribution in [0.15, 0.2) is 71.6 Å². The third-order valence-corrected chi connectivity index (χ3v) is 5.95. The van der Waals surface area contributed by atoms with E-state index < -0.39 is 36.1 Å². The van der Waals surface area contributed by atoms with Gasteiger partial charge in [-0.3, -0.25) is 14.4 Å². The van der Waals surface area contributed by atoms with Crippen molar-refractivity contribution < 1.29 is 37.4 Å². The fourth-order valence-corrected chi connectivity index (χ4v) is 4.09. The van der Waals surface area contributed by atoms with Crippen LogP contribution in [0.3, 0.4) is 0 Å². The summed E-state index contributed by atoms with van der Waals surface area (Å²) in [5, 5.41) is 2.49. The van der Waals surface area contributed by atoms with Gasteiger partial charge in [-0.2, -0.15) is 8.78 Å². The van der Waals surface area contributed by atoms with Gasteiger partial charge in [0.05, 0.1) is 29.0 Å². The summed E-state index contributed by atoms with van der Waals surface area (Å²) in [6, 6.07) is 16.2. The lowest BCUT2D eigenvalue weighted by molar-refractivity contribution is -0.119. The Kier molecular flexibility index (Phi) is 7.83. The van der Waals surface area contributed by atoms with E-state index in [1.807, 2.05) is 6.92 Å². The van der Waals surface area contributed by atoms with Crippen LogP contribution >= 0.6 is 11.8 Å². The van der Waals surface area contributed by atoms with Crippen molar-refractivity contribution in [1.82, 2.24) is 0 Å². The molecule has 190 valence electrons. The number of fused-ring (bicyclic) bond motifs is 1. The molecule has 3 aromatic rings. The van der Waals surface area contributed by atoms with Crippen molar-refractivity contribution in [1.29, 1.82) is 0 Å². The largest absolute Gasteiger partial charge is 0.494 e. The molecule has 1 heterocycles. The first kappa shape index (κ1) is 25.8. The Morgan fingerprint density at radius 1 is 0.946 bits per heavy atom. The Morgan fingerprint density at radius 2 is 1.62 bits per heavy atom. The molecule has 0 atom stereocenters. The van der Waals surface area contributed by atoms with E-state index in [2.05, 4.69) is 5.32 Å². The molecule has 0 unspecified atom stereocenters. The molecule has 0 radical (unpaired) electrons. The predicted molar refractivity (Wildman–Crippen MR) is 132 cm³/mol. The standard InChI is InChI=1S/C26H20F2N2O6S/c1-2-35-18-8-6-17(7-9-18)30-23(32)20-12-3-15(13-21(20)24(30)33)25(34)36-14-22(31)29-16-4-10-19(11-5-16)37-26(27)28/h3-13,26H,2,14H2,1H3,(H,29,31). The number of hydrogen-bond donors (Lipinski definition) is 1. The molecule has 4 rings (SSSR count). The molecule has 1 aliphatic rings. The van der Waals surface area contributed by atoms with Crippen LogP contribution in [0.1, 0.15) is 38.0 Å². The first-order valence-electron chi connectivity index (χ1n) is 11.0. The van der Waals surface area contributed by atoms with Crippen molar-refractivity contribution in [2.24, 2.45) is 0 Å². The second kappa shape index (κ2) is 11.2. The summed E-state index contributed by atoms with van der Waals surface area (Å²) < 4.78 is 35.2. The number of amides is 3. The van der Waals surface area contributed by atoms with Crippen LogP contribution in [-0.4, -0.2) is 42.7 Å². The molecule has 37 heavy (non-hydrogen) atoms. The number of nitrogens with one attached hydrogen (secondary N) is 1. The van der Waals surface area contributed by atoms with E-state index >= 15 is 0 Å². The lowest BCUT2D eigenvalue weighted by Crippen LogP contribution is -2.29. The van der Waals surface area contributed by atoms with Crippen LogP contribution in [0.2, 0.25) is 0 Å². The van der Waals surface area contributed by atoms with Crippen LogP contribution in [0.5, 0.6) is 5.75 Å². The Balaban J connectivity index is 1.38. The number of alkyl halides is 2. The van der Waals surface area contributed by atoms with Crippen molar-refractivity contribution in [2.75, 3.05) is 23.4 Å². The molecule has 8 nitrogen and oxygen atoms in total. The van der Waals surface area contributed by atoms with Gasteiger partial charge in [0.1, 0.15) is 5.75 Å². The van der Waals surface area contributed by atoms with E-state index in [1.165, 1.54) is 42.5 Å². The average Bonchev–Trinajstić information content (AvgIpc) is 3.13. The van der Waals surface area contributed by atoms with E-state index in [4.69, 9.17) is 9.47 Å². The number of imide groups is 1. The Labute approximate surface area is 214 Å². The third-order valence-electron chi connectivity index (χ3n) is 5.23. The van der Waals surface area contributed by atoms with Crippen molar-refractivity contribution in [3.8, 4) is 5.75 Å². The van der Waals surface area contributed by atoms with Crippen LogP contribution < -0.4 is 15.0 Å². The van der Waals surface area contributed by atoms with Gasteiger partial charge in [-0.25, -0.2) is 9.69 Å². The van der Waals surface area contributed by atoms with E-state index in [0.717, 1.165) is 4.90 Å². The SMILES string of the molecule is CCOc1ccc(N2C(=O)c3ccc(C(=O)OCC(=O)Nc4ccc(SC(F)F)cc4)cc3C2=O)cc1. The lowest BCUT2D eigenvalue weighted by atomic mass is 10.1. The number of halogens is 2. The second-order valence-electron chi connectivity index (χ2n) is 7.66. The molecule has 1 aliphatic heterocycles. The van der Waals surface area contributed by atoms with Gasteiger partial charge in [0.15, 0.2) is 6.61 Å². The molecule has 1 N–H and O–H groups in total. The number of esters is 1. The molecular formula is C26H20F2N2O6S. The fraction of sp³-hybridized carbons (Fsp3) is 0.154. The highest BCUT2D eigenvalue weighted by molar-refractivity contribution is 7.99. The van der Waals surface area contributed by atoms with Gasteiger partial charge in [0.2, 0.25) is 0 Å². The maximum Gasteiger partial charge on any atom is 0.338 e. The van der Waals surface area contributed by atoms with E-state index in [-0.39, 0.29) is 16.7 Å². The number of thioether (sulfide) groups is 1. The highest BCUT2D eigenvalue weighted by atomic mass is 32.2. The zero-order valence-corrected chi connectivity index (χ0v) is 20.2. The molecule has 11 heteroatoms. The first-order chi connectivity index (χ1) is 17.8. The molecule has 3 amide bonds. The van der Waals surface area contributed by atoms with E-state index in [0.29, 0.717) is 40.4 Å². The van der Waals surface area contributed by atoms with Crippen molar-refractivity contribution in [3.05, 3.63) is 83.4 Å². The normalized spacial score (nSPS) is 12.5. The minimum atomic E-state index is -2.55. The smallest absolute Gasteiger partial charge is 0.338 e. The molecule has 0 saturated heterocycles. The van der Waals surface area contributed by atoms with Gasteiger partial charge in [-0.05, 0) is 73.7 Å². The van der Waals surface area contributed by atoms with E-state index in [9.17, 15) is 28.0 Å². The van der Waals surface area contributed by atoms with Gasteiger partial charge in [0, 0.05) is 10.6 Å². The fourth-order valence-electron chi connectivity index (χ4n) is 3.59. The molecule has 0 bridgehead atoms. The number of nitrogens with zero attached hydrogens (tertiary/aromatic N) is 1. The average molecular weight is 527 g/mol. The zero-order valence-electron chi connectivity index (χ0n) is 19.4. The van der Waals surface area contributed by atoms with Gasteiger partial charge in [0.25, 0.3) is 23.5 Å². The summed E-state index contributed by atoms with van der Waals surface area (Å²) in [5.74, 6) is -4.58. The molecule has 3 aromatic carbocycles. The number of carbonyl (C=O) groups excluding carboxylic acids is 4. The van der Waals surface area contributed by atoms with Crippen LogP contribution in [-0.2, 0) is 9.53 Å². The van der Waals surface area contributed by atoms with Gasteiger partial charge in [-0.1, -0.05) is 11.8 Å². The number of carbonyl (C=O) groups is 4. The van der Waals surface area contributed by atoms with Crippen molar-refractivity contribution in [3.63, 3.8) is 0 Å². The van der Waals surface area contributed by atoms with Crippen molar-refractivity contribution in [2.45, 2.75) is 17.6 Å². The lowest BCUT2D eigenvalue weighted by Gasteiger charge is -2.14. The number of anilines is 2. The highest BCUT2D eigenvalue weighted by Gasteiger charge is 2.37. The quantitative estimate of drug-likeness (QED) is 0.238. The molecule has 0 aliphatic carbocycles. The molecule has 0 fully saturated rings. The third kappa shape index (κ3) is 5.95. The Morgan fingerprint density at radius 3 is 2.27 bits per heavy atom. The van der Waals surface area contributed by atoms with E-state index in [1.54, 1.807) is 24.3 Å². The molecule has 0 spiro atoms. The highest BCUT2D eigenvalue weighted by Crippen LogP contribution is 2.30. The number of hydrogen-bond acceptors (Lipinski definition) is 7. The topological polar surface area (TPSA) is 102 Å². The minimum absolute atomic E-state index is 0.00498.